The van der Waals surface area contributed by atoms with Crippen LogP contribution in [0.25, 0.3) is 11.1 Å². The van der Waals surface area contributed by atoms with Gasteiger partial charge in [-0.25, -0.2) is 4.98 Å². The van der Waals surface area contributed by atoms with Crippen molar-refractivity contribution in [3.63, 3.8) is 0 Å². The molecule has 0 N–H and O–H groups in total. The van der Waals surface area contributed by atoms with E-state index in [4.69, 9.17) is 4.98 Å². The molecule has 4 rings (SSSR count). The van der Waals surface area contributed by atoms with Crippen LogP contribution in [0.2, 0.25) is 0 Å². The Morgan fingerprint density at radius 2 is 1.50 bits per heavy atom. The minimum absolute atomic E-state index is 0.112. The zero-order valence-electron chi connectivity index (χ0n) is 18.0. The average molecular weight is 400 g/mol. The van der Waals surface area contributed by atoms with Crippen LogP contribution in [0.1, 0.15) is 41.4 Å². The minimum Gasteiger partial charge on any atom is -0.353 e. The van der Waals surface area contributed by atoms with Crippen molar-refractivity contribution in [3.05, 3.63) is 83.6 Å². The van der Waals surface area contributed by atoms with Crippen LogP contribution in [0.15, 0.2) is 66.7 Å². The van der Waals surface area contributed by atoms with Crippen molar-refractivity contribution in [3.8, 4) is 11.1 Å². The van der Waals surface area contributed by atoms with Crippen molar-refractivity contribution >= 4 is 11.7 Å². The number of anilines is 1. The van der Waals surface area contributed by atoms with Crippen molar-refractivity contribution in [1.82, 2.24) is 9.88 Å². The van der Waals surface area contributed by atoms with Crippen LogP contribution in [0.5, 0.6) is 0 Å². The van der Waals surface area contributed by atoms with Crippen LogP contribution in [-0.4, -0.2) is 42.0 Å². The van der Waals surface area contributed by atoms with E-state index in [1.807, 2.05) is 41.3 Å². The first-order chi connectivity index (χ1) is 14.5. The summed E-state index contributed by atoms with van der Waals surface area (Å²) in [4.78, 5) is 22.1. The summed E-state index contributed by atoms with van der Waals surface area (Å²) in [6.07, 6.45) is 0. The number of pyridine rings is 1. The number of aromatic nitrogens is 1. The molecule has 1 aliphatic rings. The average Bonchev–Trinajstić information content (AvgIpc) is 2.80. The molecule has 0 spiro atoms. The molecular formula is C26H29N3O. The summed E-state index contributed by atoms with van der Waals surface area (Å²) in [7, 11) is 0. The van der Waals surface area contributed by atoms with Gasteiger partial charge in [0.05, 0.1) is 0 Å². The van der Waals surface area contributed by atoms with Crippen molar-refractivity contribution in [2.45, 2.75) is 26.7 Å². The number of benzene rings is 2. The standard InChI is InChI=1S/C26H29N3O/c1-19(2)24-18-23(21-10-6-4-7-11-21)20(3)25(27-24)28-14-16-29(17-15-28)26(30)22-12-8-5-9-13-22/h4-13,18-19H,14-17H2,1-3H3. The number of hydrogen-bond acceptors (Lipinski definition) is 3. The van der Waals surface area contributed by atoms with E-state index in [-0.39, 0.29) is 5.91 Å². The predicted octanol–water partition coefficient (Wildman–Crippen LogP) is 5.14. The van der Waals surface area contributed by atoms with E-state index in [9.17, 15) is 4.79 Å². The van der Waals surface area contributed by atoms with Gasteiger partial charge in [0.1, 0.15) is 5.82 Å². The molecule has 1 saturated heterocycles. The Bertz CT molecular complexity index is 1010. The number of piperazine rings is 1. The summed E-state index contributed by atoms with van der Waals surface area (Å²) in [5.41, 5.74) is 5.53. The molecule has 2 aromatic carbocycles. The normalized spacial score (nSPS) is 14.3. The van der Waals surface area contributed by atoms with Gasteiger partial charge < -0.3 is 9.80 Å². The third-order valence-corrected chi connectivity index (χ3v) is 5.83. The van der Waals surface area contributed by atoms with E-state index in [1.54, 1.807) is 0 Å². The van der Waals surface area contributed by atoms with E-state index in [1.165, 1.54) is 16.7 Å². The van der Waals surface area contributed by atoms with Crippen molar-refractivity contribution < 1.29 is 4.79 Å². The number of carbonyl (C=O) groups excluding carboxylic acids is 1. The second-order valence-electron chi connectivity index (χ2n) is 8.21. The van der Waals surface area contributed by atoms with E-state index >= 15 is 0 Å². The summed E-state index contributed by atoms with van der Waals surface area (Å²) < 4.78 is 0. The molecule has 0 radical (unpaired) electrons. The van der Waals surface area contributed by atoms with Gasteiger partial charge in [0.2, 0.25) is 0 Å². The fourth-order valence-corrected chi connectivity index (χ4v) is 4.02. The summed E-state index contributed by atoms with van der Waals surface area (Å²) in [5.74, 6) is 1.51. The lowest BCUT2D eigenvalue weighted by atomic mass is 9.97. The first-order valence-electron chi connectivity index (χ1n) is 10.7. The van der Waals surface area contributed by atoms with E-state index < -0.39 is 0 Å². The Morgan fingerprint density at radius 1 is 0.900 bits per heavy atom. The lowest BCUT2D eigenvalue weighted by Crippen LogP contribution is -2.49. The summed E-state index contributed by atoms with van der Waals surface area (Å²) in [6.45, 7) is 9.54. The predicted molar refractivity (Wildman–Crippen MR) is 123 cm³/mol. The molecule has 4 nitrogen and oxygen atoms in total. The van der Waals surface area contributed by atoms with Gasteiger partial charge in [0, 0.05) is 37.4 Å². The number of carbonyl (C=O) groups is 1. The lowest BCUT2D eigenvalue weighted by molar-refractivity contribution is 0.0746. The van der Waals surface area contributed by atoms with Crippen LogP contribution in [0.3, 0.4) is 0 Å². The molecule has 2 heterocycles. The highest BCUT2D eigenvalue weighted by molar-refractivity contribution is 5.94. The Kier molecular flexibility index (Phi) is 5.84. The molecule has 1 aromatic heterocycles. The molecule has 0 unspecified atom stereocenters. The van der Waals surface area contributed by atoms with Crippen LogP contribution in [-0.2, 0) is 0 Å². The number of amides is 1. The molecule has 0 aliphatic carbocycles. The molecule has 30 heavy (non-hydrogen) atoms. The fourth-order valence-electron chi connectivity index (χ4n) is 4.02. The molecule has 0 bridgehead atoms. The van der Waals surface area contributed by atoms with Crippen LogP contribution >= 0.6 is 0 Å². The van der Waals surface area contributed by atoms with Crippen molar-refractivity contribution in [2.75, 3.05) is 31.1 Å². The zero-order valence-corrected chi connectivity index (χ0v) is 18.0. The third kappa shape index (κ3) is 4.09. The molecule has 1 amide bonds. The highest BCUT2D eigenvalue weighted by Gasteiger charge is 2.25. The fraction of sp³-hybridized carbons (Fsp3) is 0.308. The van der Waals surface area contributed by atoms with E-state index in [0.717, 1.165) is 30.2 Å². The Hall–Kier alpha value is -3.14. The molecule has 1 aliphatic heterocycles. The van der Waals surface area contributed by atoms with Gasteiger partial charge in [-0.3, -0.25) is 4.79 Å². The highest BCUT2D eigenvalue weighted by Crippen LogP contribution is 2.32. The molecule has 154 valence electrons. The molecule has 1 fully saturated rings. The molecular weight excluding hydrogens is 370 g/mol. The van der Waals surface area contributed by atoms with Crippen molar-refractivity contribution in [2.24, 2.45) is 0 Å². The van der Waals surface area contributed by atoms with Gasteiger partial charge >= 0.3 is 0 Å². The maximum absolute atomic E-state index is 12.8. The Labute approximate surface area is 179 Å². The largest absolute Gasteiger partial charge is 0.353 e. The summed E-state index contributed by atoms with van der Waals surface area (Å²) in [6, 6.07) is 22.3. The highest BCUT2D eigenvalue weighted by atomic mass is 16.2. The second-order valence-corrected chi connectivity index (χ2v) is 8.21. The molecule has 4 heteroatoms. The van der Waals surface area contributed by atoms with Gasteiger partial charge in [-0.2, -0.15) is 0 Å². The van der Waals surface area contributed by atoms with Crippen LogP contribution < -0.4 is 4.90 Å². The van der Waals surface area contributed by atoms with Crippen LogP contribution in [0, 0.1) is 6.92 Å². The summed E-state index contributed by atoms with van der Waals surface area (Å²) in [5, 5.41) is 0. The number of rotatable bonds is 4. The van der Waals surface area contributed by atoms with Gasteiger partial charge in [0.25, 0.3) is 5.91 Å². The van der Waals surface area contributed by atoms with Gasteiger partial charge in [-0.15, -0.1) is 0 Å². The lowest BCUT2D eigenvalue weighted by Gasteiger charge is -2.36. The Morgan fingerprint density at radius 3 is 2.10 bits per heavy atom. The number of nitrogens with zero attached hydrogens (tertiary/aromatic N) is 3. The van der Waals surface area contributed by atoms with Gasteiger partial charge in [-0.05, 0) is 47.7 Å². The number of hydrogen-bond donors (Lipinski definition) is 0. The zero-order chi connectivity index (χ0) is 21.1. The van der Waals surface area contributed by atoms with Crippen molar-refractivity contribution in [1.29, 1.82) is 0 Å². The molecule has 0 atom stereocenters. The third-order valence-electron chi connectivity index (χ3n) is 5.83. The monoisotopic (exact) mass is 399 g/mol. The maximum Gasteiger partial charge on any atom is 0.253 e. The van der Waals surface area contributed by atoms with Crippen LogP contribution in [0.4, 0.5) is 5.82 Å². The smallest absolute Gasteiger partial charge is 0.253 e. The SMILES string of the molecule is Cc1c(-c2ccccc2)cc(C(C)C)nc1N1CCN(C(=O)c2ccccc2)CC1. The first kappa shape index (κ1) is 20.1. The minimum atomic E-state index is 0.112. The first-order valence-corrected chi connectivity index (χ1v) is 10.7. The Balaban J connectivity index is 1.59. The molecule has 0 saturated carbocycles. The maximum atomic E-state index is 12.8. The topological polar surface area (TPSA) is 36.4 Å². The summed E-state index contributed by atoms with van der Waals surface area (Å²) >= 11 is 0. The van der Waals surface area contributed by atoms with E-state index in [2.05, 4.69) is 56.0 Å². The van der Waals surface area contributed by atoms with Gasteiger partial charge in [-0.1, -0.05) is 62.4 Å². The quantitative estimate of drug-likeness (QED) is 0.609. The van der Waals surface area contributed by atoms with Gasteiger partial charge in [0.15, 0.2) is 0 Å². The molecule has 3 aromatic rings. The van der Waals surface area contributed by atoms with E-state index in [0.29, 0.717) is 19.0 Å². The second kappa shape index (κ2) is 8.70.